The SMILES string of the molecule is C[C@H]1C[C@@H](CO)CN1c1cc2c(c(-c3ccc4c(c3)ncn4C3CCCCC3)c1)N=CC2. The van der Waals surface area contributed by atoms with Gasteiger partial charge < -0.3 is 14.6 Å². The first-order valence-electron chi connectivity index (χ1n) is 12.2. The Balaban J connectivity index is 1.40. The first-order chi connectivity index (χ1) is 15.7. The van der Waals surface area contributed by atoms with Gasteiger partial charge in [0, 0.05) is 55.0 Å². The zero-order valence-corrected chi connectivity index (χ0v) is 18.9. The van der Waals surface area contributed by atoms with Crippen LogP contribution in [0, 0.1) is 5.92 Å². The zero-order chi connectivity index (χ0) is 21.7. The van der Waals surface area contributed by atoms with E-state index in [2.05, 4.69) is 46.7 Å². The van der Waals surface area contributed by atoms with Crippen LogP contribution in [0.3, 0.4) is 0 Å². The summed E-state index contributed by atoms with van der Waals surface area (Å²) in [5.41, 5.74) is 8.35. The lowest BCUT2D eigenvalue weighted by molar-refractivity contribution is 0.236. The van der Waals surface area contributed by atoms with Gasteiger partial charge in [-0.05, 0) is 61.6 Å². The highest BCUT2D eigenvalue weighted by molar-refractivity contribution is 5.92. The lowest BCUT2D eigenvalue weighted by Crippen LogP contribution is -2.27. The van der Waals surface area contributed by atoms with Crippen molar-refractivity contribution in [3.05, 3.63) is 42.2 Å². The molecule has 6 rings (SSSR count). The van der Waals surface area contributed by atoms with E-state index in [4.69, 9.17) is 9.98 Å². The normalized spacial score (nSPS) is 23.4. The molecule has 2 aliphatic heterocycles. The fourth-order valence-corrected chi connectivity index (χ4v) is 6.09. The Labute approximate surface area is 189 Å². The topological polar surface area (TPSA) is 53.6 Å². The molecule has 2 aromatic carbocycles. The van der Waals surface area contributed by atoms with E-state index in [1.54, 1.807) is 0 Å². The van der Waals surface area contributed by atoms with Crippen LogP contribution in [0.25, 0.3) is 22.2 Å². The van der Waals surface area contributed by atoms with Gasteiger partial charge in [0.1, 0.15) is 0 Å². The minimum Gasteiger partial charge on any atom is -0.396 e. The molecule has 0 radical (unpaired) electrons. The number of anilines is 1. The van der Waals surface area contributed by atoms with Crippen molar-refractivity contribution in [3.8, 4) is 11.1 Å². The van der Waals surface area contributed by atoms with Gasteiger partial charge in [-0.3, -0.25) is 4.99 Å². The number of imidazole rings is 1. The van der Waals surface area contributed by atoms with Crippen molar-refractivity contribution < 1.29 is 5.11 Å². The van der Waals surface area contributed by atoms with Crippen LogP contribution in [0.15, 0.2) is 41.7 Å². The molecule has 1 aromatic heterocycles. The number of rotatable bonds is 4. The van der Waals surface area contributed by atoms with Gasteiger partial charge in [-0.15, -0.1) is 0 Å². The summed E-state index contributed by atoms with van der Waals surface area (Å²) in [7, 11) is 0. The maximum atomic E-state index is 9.68. The molecular weight excluding hydrogens is 396 g/mol. The van der Waals surface area contributed by atoms with Crippen LogP contribution in [0.1, 0.15) is 57.1 Å². The number of fused-ring (bicyclic) bond motifs is 2. The van der Waals surface area contributed by atoms with Crippen molar-refractivity contribution >= 4 is 28.6 Å². The summed E-state index contributed by atoms with van der Waals surface area (Å²) in [5, 5.41) is 9.68. The molecule has 1 N–H and O–H groups in total. The van der Waals surface area contributed by atoms with Gasteiger partial charge in [0.05, 0.1) is 23.0 Å². The van der Waals surface area contributed by atoms with Crippen molar-refractivity contribution in [2.24, 2.45) is 10.9 Å². The van der Waals surface area contributed by atoms with Crippen LogP contribution in [0.4, 0.5) is 11.4 Å². The van der Waals surface area contributed by atoms with Gasteiger partial charge >= 0.3 is 0 Å². The van der Waals surface area contributed by atoms with Crippen LogP contribution < -0.4 is 4.90 Å². The summed E-state index contributed by atoms with van der Waals surface area (Å²) in [6.07, 6.45) is 12.5. The molecule has 5 heteroatoms. The van der Waals surface area contributed by atoms with Gasteiger partial charge in [-0.2, -0.15) is 0 Å². The van der Waals surface area contributed by atoms with E-state index in [0.29, 0.717) is 18.0 Å². The summed E-state index contributed by atoms with van der Waals surface area (Å²) in [6, 6.07) is 12.4. The number of hydrogen-bond acceptors (Lipinski definition) is 4. The fourth-order valence-electron chi connectivity index (χ4n) is 6.09. The predicted molar refractivity (Wildman–Crippen MR) is 131 cm³/mol. The molecule has 2 fully saturated rings. The van der Waals surface area contributed by atoms with Gasteiger partial charge in [0.2, 0.25) is 0 Å². The minimum atomic E-state index is 0.266. The average molecular weight is 429 g/mol. The van der Waals surface area contributed by atoms with Crippen molar-refractivity contribution in [2.45, 2.75) is 64.0 Å². The number of benzene rings is 2. The van der Waals surface area contributed by atoms with Crippen LogP contribution in [0.5, 0.6) is 0 Å². The number of aromatic nitrogens is 2. The third kappa shape index (κ3) is 3.34. The fraction of sp³-hybridized carbons (Fsp3) is 0.481. The molecule has 166 valence electrons. The molecule has 0 bridgehead atoms. The quantitative estimate of drug-likeness (QED) is 0.582. The number of aliphatic imine (C=N–C) groups is 1. The summed E-state index contributed by atoms with van der Waals surface area (Å²) in [6.45, 7) is 3.45. The van der Waals surface area contributed by atoms with Gasteiger partial charge in [0.15, 0.2) is 0 Å². The highest BCUT2D eigenvalue weighted by Crippen LogP contribution is 2.42. The van der Waals surface area contributed by atoms with E-state index in [1.807, 2.05) is 12.5 Å². The predicted octanol–water partition coefficient (Wildman–Crippen LogP) is 5.67. The number of nitrogens with zero attached hydrogens (tertiary/aromatic N) is 4. The maximum absolute atomic E-state index is 9.68. The molecule has 0 amide bonds. The number of hydrogen-bond donors (Lipinski definition) is 1. The first kappa shape index (κ1) is 20.0. The van der Waals surface area contributed by atoms with Gasteiger partial charge in [-0.1, -0.05) is 25.3 Å². The van der Waals surface area contributed by atoms with Crippen molar-refractivity contribution in [3.63, 3.8) is 0 Å². The molecule has 5 nitrogen and oxygen atoms in total. The molecule has 32 heavy (non-hydrogen) atoms. The lowest BCUT2D eigenvalue weighted by atomic mass is 9.95. The summed E-state index contributed by atoms with van der Waals surface area (Å²) in [4.78, 5) is 12.0. The Bertz CT molecular complexity index is 1170. The molecule has 3 aliphatic rings. The number of aliphatic hydroxyl groups excluding tert-OH is 1. The first-order valence-corrected chi connectivity index (χ1v) is 12.2. The summed E-state index contributed by atoms with van der Waals surface area (Å²) >= 11 is 0. The highest BCUT2D eigenvalue weighted by Gasteiger charge is 2.30. The Morgan fingerprint density at radius 2 is 1.97 bits per heavy atom. The Hall–Kier alpha value is -2.66. The largest absolute Gasteiger partial charge is 0.396 e. The third-order valence-corrected chi connectivity index (χ3v) is 7.81. The van der Waals surface area contributed by atoms with Crippen LogP contribution >= 0.6 is 0 Å². The van der Waals surface area contributed by atoms with Crippen molar-refractivity contribution in [1.82, 2.24) is 9.55 Å². The van der Waals surface area contributed by atoms with Crippen LogP contribution in [-0.2, 0) is 6.42 Å². The van der Waals surface area contributed by atoms with E-state index >= 15 is 0 Å². The standard InChI is InChI=1S/C27H32N4O/c1-18-11-19(16-32)15-30(18)23-12-21-9-10-28-27(21)24(14-23)20-7-8-26-25(13-20)29-17-31(26)22-5-3-2-4-6-22/h7-8,10,12-14,17-19,22,32H,2-6,9,11,15-16H2,1H3/t18-,19+/m0/s1. The average Bonchev–Trinajstić information content (AvgIpc) is 3.56. The second-order valence-electron chi connectivity index (χ2n) is 9.95. The third-order valence-electron chi connectivity index (χ3n) is 7.81. The van der Waals surface area contributed by atoms with E-state index in [1.165, 1.54) is 60.0 Å². The van der Waals surface area contributed by atoms with E-state index in [0.717, 1.165) is 30.6 Å². The second-order valence-corrected chi connectivity index (χ2v) is 9.95. The Kier molecular flexibility index (Phi) is 5.02. The molecule has 3 heterocycles. The smallest absolute Gasteiger partial charge is 0.0960 e. The zero-order valence-electron chi connectivity index (χ0n) is 18.9. The molecule has 3 aromatic rings. The van der Waals surface area contributed by atoms with Crippen molar-refractivity contribution in [1.29, 1.82) is 0 Å². The Morgan fingerprint density at radius 1 is 1.09 bits per heavy atom. The number of aliphatic hydroxyl groups is 1. The monoisotopic (exact) mass is 428 g/mol. The molecule has 0 unspecified atom stereocenters. The summed E-state index contributed by atoms with van der Waals surface area (Å²) < 4.78 is 2.40. The van der Waals surface area contributed by atoms with Gasteiger partial charge in [-0.25, -0.2) is 4.98 Å². The molecule has 1 saturated heterocycles. The van der Waals surface area contributed by atoms with E-state index in [-0.39, 0.29) is 6.61 Å². The van der Waals surface area contributed by atoms with Crippen LogP contribution in [0.2, 0.25) is 0 Å². The maximum Gasteiger partial charge on any atom is 0.0960 e. The Morgan fingerprint density at radius 3 is 2.78 bits per heavy atom. The second kappa shape index (κ2) is 8.04. The molecule has 1 aliphatic carbocycles. The molecule has 1 saturated carbocycles. The van der Waals surface area contributed by atoms with Crippen LogP contribution in [-0.4, -0.2) is 40.1 Å². The molecule has 2 atom stereocenters. The lowest BCUT2D eigenvalue weighted by Gasteiger charge is -2.26. The minimum absolute atomic E-state index is 0.266. The van der Waals surface area contributed by atoms with Gasteiger partial charge in [0.25, 0.3) is 0 Å². The van der Waals surface area contributed by atoms with E-state index in [9.17, 15) is 5.11 Å². The molecular formula is C27H32N4O. The molecule has 0 spiro atoms. The highest BCUT2D eigenvalue weighted by atomic mass is 16.3. The summed E-state index contributed by atoms with van der Waals surface area (Å²) in [5.74, 6) is 0.359. The van der Waals surface area contributed by atoms with E-state index < -0.39 is 0 Å². The van der Waals surface area contributed by atoms with Crippen molar-refractivity contribution in [2.75, 3.05) is 18.1 Å².